The third-order valence-electron chi connectivity index (χ3n) is 4.04. The van der Waals surface area contributed by atoms with E-state index in [4.69, 9.17) is 4.74 Å². The van der Waals surface area contributed by atoms with Crippen LogP contribution in [0.1, 0.15) is 15.2 Å². The Hall–Kier alpha value is -1.81. The highest BCUT2D eigenvalue weighted by molar-refractivity contribution is 7.89. The van der Waals surface area contributed by atoms with Crippen molar-refractivity contribution >= 4 is 27.3 Å². The molecule has 0 saturated carbocycles. The molecule has 0 spiro atoms. The molecule has 0 atom stereocenters. The third-order valence-corrected chi connectivity index (χ3v) is 7.02. The number of ether oxygens (including phenoxy) is 1. The number of carbonyl (C=O) groups is 1. The van der Waals surface area contributed by atoms with Crippen LogP contribution < -0.4 is 5.32 Å². The van der Waals surface area contributed by atoms with Crippen molar-refractivity contribution in [2.45, 2.75) is 11.3 Å². The molecular formula is C17H19FN2O4S2. The number of nitrogens with one attached hydrogen (secondary N) is 1. The standard InChI is InChI=1S/C17H19FN2O4S2/c18-14-3-1-13(2-4-14)5-7-19-17(21)16-15(6-12-25-16)26(22,23)20-8-10-24-11-9-20/h1-4,6,12H,5,7-11H2,(H,19,21). The van der Waals surface area contributed by atoms with E-state index >= 15 is 0 Å². The molecule has 0 radical (unpaired) electrons. The third kappa shape index (κ3) is 4.29. The SMILES string of the molecule is O=C(NCCc1ccc(F)cc1)c1sccc1S(=O)(=O)N1CCOCC1. The number of halogens is 1. The molecule has 3 rings (SSSR count). The fourth-order valence-electron chi connectivity index (χ4n) is 2.64. The van der Waals surface area contributed by atoms with Crippen LogP contribution in [0.4, 0.5) is 4.39 Å². The van der Waals surface area contributed by atoms with Crippen LogP contribution in [-0.4, -0.2) is 51.5 Å². The molecule has 1 amide bonds. The van der Waals surface area contributed by atoms with E-state index in [9.17, 15) is 17.6 Å². The van der Waals surface area contributed by atoms with Crippen molar-refractivity contribution in [1.29, 1.82) is 0 Å². The number of morpholine rings is 1. The largest absolute Gasteiger partial charge is 0.379 e. The quantitative estimate of drug-likeness (QED) is 0.806. The topological polar surface area (TPSA) is 75.7 Å². The van der Waals surface area contributed by atoms with Gasteiger partial charge in [-0.1, -0.05) is 12.1 Å². The molecule has 1 aromatic heterocycles. The number of sulfonamides is 1. The van der Waals surface area contributed by atoms with Gasteiger partial charge >= 0.3 is 0 Å². The molecule has 1 saturated heterocycles. The number of benzene rings is 1. The van der Waals surface area contributed by atoms with Crippen molar-refractivity contribution in [3.63, 3.8) is 0 Å². The second-order valence-corrected chi connectivity index (χ2v) is 8.59. The van der Waals surface area contributed by atoms with E-state index in [2.05, 4.69) is 5.32 Å². The number of hydrogen-bond donors (Lipinski definition) is 1. The molecule has 140 valence electrons. The Labute approximate surface area is 155 Å². The predicted octanol–water partition coefficient (Wildman–Crippen LogP) is 1.88. The molecule has 2 heterocycles. The summed E-state index contributed by atoms with van der Waals surface area (Å²) in [5.41, 5.74) is 0.888. The first-order valence-electron chi connectivity index (χ1n) is 8.16. The molecule has 1 aliphatic rings. The maximum Gasteiger partial charge on any atom is 0.262 e. The van der Waals surface area contributed by atoms with Crippen molar-refractivity contribution in [2.75, 3.05) is 32.8 Å². The van der Waals surface area contributed by atoms with Crippen LogP contribution in [-0.2, 0) is 21.2 Å². The molecule has 6 nitrogen and oxygen atoms in total. The van der Waals surface area contributed by atoms with E-state index < -0.39 is 15.9 Å². The van der Waals surface area contributed by atoms with Crippen LogP contribution in [0.3, 0.4) is 0 Å². The van der Waals surface area contributed by atoms with Gasteiger partial charge in [0.1, 0.15) is 15.6 Å². The van der Waals surface area contributed by atoms with E-state index in [1.54, 1.807) is 17.5 Å². The second kappa shape index (κ2) is 8.26. The van der Waals surface area contributed by atoms with Crippen LogP contribution in [0.25, 0.3) is 0 Å². The lowest BCUT2D eigenvalue weighted by Gasteiger charge is -2.26. The first kappa shape index (κ1) is 19.0. The van der Waals surface area contributed by atoms with Crippen molar-refractivity contribution in [3.8, 4) is 0 Å². The Kier molecular flexibility index (Phi) is 6.02. The van der Waals surface area contributed by atoms with Gasteiger partial charge in [0.2, 0.25) is 10.0 Å². The number of thiophene rings is 1. The summed E-state index contributed by atoms with van der Waals surface area (Å²) >= 11 is 1.10. The fraction of sp³-hybridized carbons (Fsp3) is 0.353. The summed E-state index contributed by atoms with van der Waals surface area (Å²) < 4.78 is 44.9. The first-order chi connectivity index (χ1) is 12.5. The maximum atomic E-state index is 12.9. The Balaban J connectivity index is 1.65. The van der Waals surface area contributed by atoms with Gasteiger partial charge in [-0.2, -0.15) is 4.31 Å². The van der Waals surface area contributed by atoms with Crippen molar-refractivity contribution in [3.05, 3.63) is 52.0 Å². The monoisotopic (exact) mass is 398 g/mol. The van der Waals surface area contributed by atoms with Gasteiger partial charge in [0.25, 0.3) is 5.91 Å². The zero-order chi connectivity index (χ0) is 18.6. The number of rotatable bonds is 6. The summed E-state index contributed by atoms with van der Waals surface area (Å²) in [6.07, 6.45) is 0.531. The summed E-state index contributed by atoms with van der Waals surface area (Å²) in [4.78, 5) is 12.6. The Morgan fingerprint density at radius 1 is 1.19 bits per heavy atom. The van der Waals surface area contributed by atoms with Crippen LogP contribution >= 0.6 is 11.3 Å². The van der Waals surface area contributed by atoms with E-state index in [0.29, 0.717) is 26.2 Å². The van der Waals surface area contributed by atoms with Gasteiger partial charge in [-0.25, -0.2) is 12.8 Å². The van der Waals surface area contributed by atoms with E-state index in [-0.39, 0.29) is 28.7 Å². The smallest absolute Gasteiger partial charge is 0.262 e. The zero-order valence-corrected chi connectivity index (χ0v) is 15.6. The number of hydrogen-bond acceptors (Lipinski definition) is 5. The zero-order valence-electron chi connectivity index (χ0n) is 14.0. The van der Waals surface area contributed by atoms with Gasteiger partial charge in [-0.05, 0) is 35.6 Å². The van der Waals surface area contributed by atoms with E-state index in [1.807, 2.05) is 0 Å². The van der Waals surface area contributed by atoms with Gasteiger partial charge in [0.05, 0.1) is 13.2 Å². The van der Waals surface area contributed by atoms with Gasteiger partial charge in [0.15, 0.2) is 0 Å². The van der Waals surface area contributed by atoms with Crippen LogP contribution in [0.2, 0.25) is 0 Å². The molecule has 26 heavy (non-hydrogen) atoms. The number of nitrogens with zero attached hydrogens (tertiary/aromatic N) is 1. The predicted molar refractivity (Wildman–Crippen MR) is 96.3 cm³/mol. The van der Waals surface area contributed by atoms with Gasteiger partial charge in [-0.15, -0.1) is 11.3 Å². The summed E-state index contributed by atoms with van der Waals surface area (Å²) in [5.74, 6) is -0.733. The van der Waals surface area contributed by atoms with Crippen molar-refractivity contribution in [1.82, 2.24) is 9.62 Å². The van der Waals surface area contributed by atoms with Crippen LogP contribution in [0.15, 0.2) is 40.6 Å². The summed E-state index contributed by atoms with van der Waals surface area (Å²) in [5, 5.41) is 4.33. The minimum Gasteiger partial charge on any atom is -0.379 e. The summed E-state index contributed by atoms with van der Waals surface area (Å²) in [6.45, 7) is 1.60. The lowest BCUT2D eigenvalue weighted by molar-refractivity contribution is 0.0730. The summed E-state index contributed by atoms with van der Waals surface area (Å²) in [7, 11) is -3.72. The van der Waals surface area contributed by atoms with Crippen LogP contribution in [0.5, 0.6) is 0 Å². The lowest BCUT2D eigenvalue weighted by atomic mass is 10.1. The van der Waals surface area contributed by atoms with Gasteiger partial charge in [-0.3, -0.25) is 4.79 Å². The minimum atomic E-state index is -3.72. The van der Waals surface area contributed by atoms with Gasteiger partial charge < -0.3 is 10.1 Å². The number of carbonyl (C=O) groups excluding carboxylic acids is 1. The average Bonchev–Trinajstić information content (AvgIpc) is 3.15. The molecule has 9 heteroatoms. The minimum absolute atomic E-state index is 0.0312. The normalized spacial score (nSPS) is 15.7. The van der Waals surface area contributed by atoms with E-state index in [0.717, 1.165) is 16.9 Å². The number of amides is 1. The molecule has 1 aromatic carbocycles. The molecule has 2 aromatic rings. The second-order valence-electron chi connectivity index (χ2n) is 5.76. The lowest BCUT2D eigenvalue weighted by Crippen LogP contribution is -2.41. The molecule has 0 aliphatic carbocycles. The Morgan fingerprint density at radius 3 is 2.58 bits per heavy atom. The first-order valence-corrected chi connectivity index (χ1v) is 10.5. The molecule has 1 fully saturated rings. The highest BCUT2D eigenvalue weighted by Gasteiger charge is 2.31. The Morgan fingerprint density at radius 2 is 1.88 bits per heavy atom. The summed E-state index contributed by atoms with van der Waals surface area (Å²) in [6, 6.07) is 7.50. The van der Waals surface area contributed by atoms with Crippen molar-refractivity contribution < 1.29 is 22.3 Å². The molecule has 0 unspecified atom stereocenters. The molecular weight excluding hydrogens is 379 g/mol. The highest BCUT2D eigenvalue weighted by atomic mass is 32.2. The van der Waals surface area contributed by atoms with Crippen molar-refractivity contribution in [2.24, 2.45) is 0 Å². The Bertz CT molecular complexity index is 859. The highest BCUT2D eigenvalue weighted by Crippen LogP contribution is 2.25. The van der Waals surface area contributed by atoms with Crippen LogP contribution in [0, 0.1) is 5.82 Å². The molecule has 1 N–H and O–H groups in total. The average molecular weight is 398 g/mol. The maximum absolute atomic E-state index is 12.9. The fourth-order valence-corrected chi connectivity index (χ4v) is 5.37. The molecule has 0 bridgehead atoms. The van der Waals surface area contributed by atoms with E-state index in [1.165, 1.54) is 22.5 Å². The van der Waals surface area contributed by atoms with Gasteiger partial charge in [0, 0.05) is 19.6 Å². The molecule has 1 aliphatic heterocycles.